The van der Waals surface area contributed by atoms with Crippen molar-refractivity contribution in [1.29, 1.82) is 0 Å². The number of rotatable bonds is 10. The lowest BCUT2D eigenvalue weighted by molar-refractivity contribution is -0.148. The number of esters is 1. The molecule has 0 saturated heterocycles. The maximum atomic E-state index is 12.4. The lowest BCUT2D eigenvalue weighted by Gasteiger charge is -2.31. The van der Waals surface area contributed by atoms with E-state index in [1.807, 2.05) is 41.5 Å². The molecular formula is C27H41NO10. The van der Waals surface area contributed by atoms with Gasteiger partial charge in [0.15, 0.2) is 11.5 Å². The Balaban J connectivity index is 3.44. The van der Waals surface area contributed by atoms with Crippen molar-refractivity contribution in [2.45, 2.75) is 80.4 Å². The minimum atomic E-state index is -1.40. The number of hydrogen-bond donors (Lipinski definition) is 2. The third kappa shape index (κ3) is 11.4. The summed E-state index contributed by atoms with van der Waals surface area (Å²) in [6.07, 6.45) is -2.76. The molecule has 0 aromatic heterocycles. The molecule has 0 bridgehead atoms. The van der Waals surface area contributed by atoms with Crippen LogP contribution in [0.2, 0.25) is 0 Å². The Morgan fingerprint density at radius 1 is 0.868 bits per heavy atom. The van der Waals surface area contributed by atoms with E-state index in [-0.39, 0.29) is 35.5 Å². The highest BCUT2D eigenvalue weighted by Crippen LogP contribution is 2.37. The summed E-state index contributed by atoms with van der Waals surface area (Å²) in [6, 6.07) is 2.77. The molecular weight excluding hydrogens is 498 g/mol. The zero-order valence-electron chi connectivity index (χ0n) is 23.7. The molecule has 0 radical (unpaired) electrons. The number of carboxylic acids is 1. The van der Waals surface area contributed by atoms with E-state index >= 15 is 0 Å². The molecule has 11 heteroatoms. The molecule has 214 valence electrons. The van der Waals surface area contributed by atoms with Gasteiger partial charge in [0.25, 0.3) is 0 Å². The Morgan fingerprint density at radius 2 is 1.34 bits per heavy atom. The third-order valence-corrected chi connectivity index (χ3v) is 5.32. The molecule has 3 unspecified atom stereocenters. The highest BCUT2D eigenvalue weighted by Gasteiger charge is 2.35. The van der Waals surface area contributed by atoms with Gasteiger partial charge in [-0.3, -0.25) is 9.59 Å². The molecule has 0 fully saturated rings. The number of carboxylic acid groups (broad SMARTS) is 1. The molecule has 0 spiro atoms. The van der Waals surface area contributed by atoms with Crippen LogP contribution in [-0.2, 0) is 23.8 Å². The first kappa shape index (κ1) is 32.7. The molecule has 11 nitrogen and oxygen atoms in total. The van der Waals surface area contributed by atoms with Crippen LogP contribution >= 0.6 is 0 Å². The van der Waals surface area contributed by atoms with E-state index in [0.29, 0.717) is 5.56 Å². The predicted molar refractivity (Wildman–Crippen MR) is 138 cm³/mol. The zero-order chi connectivity index (χ0) is 29.4. The number of hydrogen-bond acceptors (Lipinski definition) is 10. The average molecular weight is 540 g/mol. The number of carbonyl (C=O) groups is 4. The Bertz CT molecular complexity index is 993. The van der Waals surface area contributed by atoms with Crippen molar-refractivity contribution < 1.29 is 48.0 Å². The van der Waals surface area contributed by atoms with Gasteiger partial charge in [-0.1, -0.05) is 54.5 Å². The Morgan fingerprint density at radius 3 is 1.76 bits per heavy atom. The number of aliphatic carboxylic acids is 1. The third-order valence-electron chi connectivity index (χ3n) is 5.32. The van der Waals surface area contributed by atoms with Crippen LogP contribution in [0.5, 0.6) is 11.5 Å². The minimum Gasteiger partial charge on any atom is -0.480 e. The normalized spacial score (nSPS) is 14.9. The van der Waals surface area contributed by atoms with Crippen molar-refractivity contribution in [3.8, 4) is 11.5 Å². The van der Waals surface area contributed by atoms with Gasteiger partial charge in [0.2, 0.25) is 0 Å². The van der Waals surface area contributed by atoms with Gasteiger partial charge in [0, 0.05) is 18.8 Å². The molecule has 0 aliphatic carbocycles. The average Bonchev–Trinajstić information content (AvgIpc) is 2.76. The van der Waals surface area contributed by atoms with Crippen LogP contribution in [0, 0.1) is 16.7 Å². The van der Waals surface area contributed by atoms with Crippen LogP contribution in [0.15, 0.2) is 18.2 Å². The number of benzene rings is 1. The summed E-state index contributed by atoms with van der Waals surface area (Å²) >= 11 is 0. The Labute approximate surface area is 223 Å². The molecule has 1 aromatic rings. The zero-order valence-corrected chi connectivity index (χ0v) is 23.7. The minimum absolute atomic E-state index is 0.0544. The number of carbonyl (C=O) groups excluding carboxylic acids is 3. The van der Waals surface area contributed by atoms with Gasteiger partial charge in [-0.2, -0.15) is 0 Å². The van der Waals surface area contributed by atoms with E-state index in [1.165, 1.54) is 25.1 Å². The molecule has 1 rings (SSSR count). The molecule has 0 saturated carbocycles. The van der Waals surface area contributed by atoms with E-state index in [1.54, 1.807) is 13.8 Å². The fraction of sp³-hybridized carbons (Fsp3) is 0.630. The molecule has 0 aliphatic rings. The molecule has 0 heterocycles. The van der Waals surface area contributed by atoms with Crippen LogP contribution in [0.1, 0.15) is 73.8 Å². The second-order valence-corrected chi connectivity index (χ2v) is 11.7. The van der Waals surface area contributed by atoms with Gasteiger partial charge in [-0.25, -0.2) is 9.59 Å². The predicted octanol–water partition coefficient (Wildman–Crippen LogP) is 4.89. The first-order chi connectivity index (χ1) is 17.3. The Kier molecular flexibility index (Phi) is 11.6. The summed E-state index contributed by atoms with van der Waals surface area (Å²) in [5.74, 6) is -3.61. The largest absolute Gasteiger partial charge is 0.513 e. The van der Waals surface area contributed by atoms with Crippen LogP contribution in [0.3, 0.4) is 0 Å². The maximum absolute atomic E-state index is 12.4. The second-order valence-electron chi connectivity index (χ2n) is 11.7. The van der Waals surface area contributed by atoms with Crippen molar-refractivity contribution in [3.05, 3.63) is 23.8 Å². The standard InChI is InChI=1S/C27H41NO10/c1-15(16(2)36-17(3)29)21(22(28)23(30)31)18-10-11-19(37-24(32)34-13-26(4,5)6)20(12-18)38-25(33)35-14-27(7,8)9/h10-12,15-16,21-22H,13-14,28H2,1-9H3,(H,30,31)/t15?,16?,21?,22-/m0/s1. The molecule has 3 N–H and O–H groups in total. The van der Waals surface area contributed by atoms with Crippen molar-refractivity contribution in [1.82, 2.24) is 0 Å². The van der Waals surface area contributed by atoms with Crippen LogP contribution in [0.4, 0.5) is 9.59 Å². The SMILES string of the molecule is CC(=O)OC(C)C(C)C(c1ccc(OC(=O)OCC(C)(C)C)c(OC(=O)OCC(C)(C)C)c1)[C@H](N)C(=O)O. The van der Waals surface area contributed by atoms with Gasteiger partial charge in [0.05, 0.1) is 13.2 Å². The molecule has 0 aliphatic heterocycles. The van der Waals surface area contributed by atoms with E-state index in [4.69, 9.17) is 29.4 Å². The van der Waals surface area contributed by atoms with Gasteiger partial charge >= 0.3 is 24.2 Å². The lowest BCUT2D eigenvalue weighted by Crippen LogP contribution is -2.42. The van der Waals surface area contributed by atoms with E-state index in [0.717, 1.165) is 0 Å². The fourth-order valence-electron chi connectivity index (χ4n) is 3.34. The van der Waals surface area contributed by atoms with Gasteiger partial charge in [-0.05, 0) is 35.4 Å². The van der Waals surface area contributed by atoms with Crippen molar-refractivity contribution in [2.24, 2.45) is 22.5 Å². The van der Waals surface area contributed by atoms with E-state index < -0.39 is 48.2 Å². The first-order valence-electron chi connectivity index (χ1n) is 12.3. The first-order valence-corrected chi connectivity index (χ1v) is 12.3. The van der Waals surface area contributed by atoms with Crippen LogP contribution in [0.25, 0.3) is 0 Å². The maximum Gasteiger partial charge on any atom is 0.513 e. The van der Waals surface area contributed by atoms with Crippen LogP contribution in [-0.4, -0.2) is 54.7 Å². The van der Waals surface area contributed by atoms with Crippen molar-refractivity contribution in [3.63, 3.8) is 0 Å². The van der Waals surface area contributed by atoms with Crippen molar-refractivity contribution in [2.75, 3.05) is 13.2 Å². The lowest BCUT2D eigenvalue weighted by atomic mass is 9.79. The van der Waals surface area contributed by atoms with E-state index in [9.17, 15) is 24.3 Å². The van der Waals surface area contributed by atoms with Gasteiger partial charge in [-0.15, -0.1) is 0 Å². The monoisotopic (exact) mass is 539 g/mol. The summed E-state index contributed by atoms with van der Waals surface area (Å²) in [4.78, 5) is 48.1. The molecule has 1 aromatic carbocycles. The highest BCUT2D eigenvalue weighted by molar-refractivity contribution is 5.75. The number of ether oxygens (including phenoxy) is 5. The summed E-state index contributed by atoms with van der Waals surface area (Å²) < 4.78 is 26.2. The highest BCUT2D eigenvalue weighted by atomic mass is 16.7. The second kappa shape index (κ2) is 13.5. The summed E-state index contributed by atoms with van der Waals surface area (Å²) in [6.45, 7) is 15.9. The number of nitrogens with two attached hydrogens (primary N) is 1. The van der Waals surface area contributed by atoms with Crippen molar-refractivity contribution >= 4 is 24.2 Å². The Hall–Kier alpha value is -3.34. The topological polar surface area (TPSA) is 161 Å². The van der Waals surface area contributed by atoms with Crippen LogP contribution < -0.4 is 15.2 Å². The summed E-state index contributed by atoms with van der Waals surface area (Å²) in [5, 5.41) is 9.66. The van der Waals surface area contributed by atoms with Gasteiger partial charge in [0.1, 0.15) is 12.1 Å². The summed E-state index contributed by atoms with van der Waals surface area (Å²) in [7, 11) is 0. The summed E-state index contributed by atoms with van der Waals surface area (Å²) in [5.41, 5.74) is 5.73. The molecule has 4 atom stereocenters. The molecule has 0 amide bonds. The van der Waals surface area contributed by atoms with Gasteiger partial charge < -0.3 is 34.5 Å². The quantitative estimate of drug-likeness (QED) is 0.236. The fourth-order valence-corrected chi connectivity index (χ4v) is 3.34. The molecule has 38 heavy (non-hydrogen) atoms. The van der Waals surface area contributed by atoms with E-state index in [2.05, 4.69) is 0 Å². The smallest absolute Gasteiger partial charge is 0.480 e.